The second kappa shape index (κ2) is 11.3. The number of nitrogens with one attached hydrogen (secondary N) is 2. The molecule has 2 N–H and O–H groups in total. The molecule has 0 aliphatic heterocycles. The number of rotatable bonds is 9. The first-order valence-corrected chi connectivity index (χ1v) is 11.1. The summed E-state index contributed by atoms with van der Waals surface area (Å²) in [5.41, 5.74) is 3.21. The molecule has 0 heterocycles. The average Bonchev–Trinajstić information content (AvgIpc) is 2.75. The summed E-state index contributed by atoms with van der Waals surface area (Å²) < 4.78 is 11.4. The van der Waals surface area contributed by atoms with E-state index in [1.165, 1.54) is 0 Å². The fourth-order valence-electron chi connectivity index (χ4n) is 2.93. The molecule has 3 aromatic rings. The van der Waals surface area contributed by atoms with E-state index in [-0.39, 0.29) is 12.5 Å². The first kappa shape index (κ1) is 24.1. The van der Waals surface area contributed by atoms with Gasteiger partial charge >= 0.3 is 0 Å². The van der Waals surface area contributed by atoms with Gasteiger partial charge in [0.15, 0.2) is 18.1 Å². The second-order valence-corrected chi connectivity index (χ2v) is 8.19. The summed E-state index contributed by atoms with van der Waals surface area (Å²) in [7, 11) is 0. The molecule has 5 nitrogen and oxygen atoms in total. The number of ether oxygens (including phenoxy) is 2. The summed E-state index contributed by atoms with van der Waals surface area (Å²) in [4.78, 5) is 12.3. The summed E-state index contributed by atoms with van der Waals surface area (Å²) in [6, 6.07) is 16.4. The molecule has 0 spiro atoms. The number of anilines is 2. The zero-order chi connectivity index (χ0) is 23.1. The van der Waals surface area contributed by atoms with E-state index in [9.17, 15) is 4.79 Å². The normalized spacial score (nSPS) is 10.5. The quantitative estimate of drug-likeness (QED) is 0.337. The zero-order valence-electron chi connectivity index (χ0n) is 17.7. The van der Waals surface area contributed by atoms with Crippen molar-refractivity contribution < 1.29 is 14.3 Å². The Labute approximate surface area is 202 Å². The Kier molecular flexibility index (Phi) is 8.51. The highest BCUT2D eigenvalue weighted by Gasteiger charge is 2.15. The molecule has 168 valence electrons. The van der Waals surface area contributed by atoms with Gasteiger partial charge in [0, 0.05) is 17.3 Å². The van der Waals surface area contributed by atoms with Crippen molar-refractivity contribution in [3.63, 3.8) is 0 Å². The molecule has 3 rings (SSSR count). The van der Waals surface area contributed by atoms with E-state index in [1.807, 2.05) is 50.2 Å². The van der Waals surface area contributed by atoms with Gasteiger partial charge < -0.3 is 20.1 Å². The smallest absolute Gasteiger partial charge is 0.262 e. The van der Waals surface area contributed by atoms with Gasteiger partial charge in [-0.05, 0) is 61.4 Å². The number of aryl methyl sites for hydroxylation is 1. The van der Waals surface area contributed by atoms with Crippen LogP contribution in [-0.2, 0) is 11.3 Å². The van der Waals surface area contributed by atoms with Gasteiger partial charge in [0.25, 0.3) is 5.91 Å². The van der Waals surface area contributed by atoms with E-state index in [2.05, 4.69) is 10.6 Å². The first-order valence-electron chi connectivity index (χ1n) is 9.99. The molecule has 0 saturated heterocycles. The molecule has 0 fully saturated rings. The Hall–Kier alpha value is -2.60. The van der Waals surface area contributed by atoms with Crippen molar-refractivity contribution in [2.75, 3.05) is 23.8 Å². The maximum absolute atomic E-state index is 12.3. The van der Waals surface area contributed by atoms with Crippen molar-refractivity contribution in [2.24, 2.45) is 0 Å². The summed E-state index contributed by atoms with van der Waals surface area (Å²) in [5.74, 6) is 0.433. The van der Waals surface area contributed by atoms with Gasteiger partial charge in [0.2, 0.25) is 0 Å². The van der Waals surface area contributed by atoms with Crippen LogP contribution in [0, 0.1) is 6.92 Å². The van der Waals surface area contributed by atoms with Crippen molar-refractivity contribution in [3.05, 3.63) is 80.8 Å². The SMILES string of the molecule is CCOc1cc(CNc2ccccc2Cl)cc(Cl)c1OCC(=O)Nc1ccc(C)c(Cl)c1. The van der Waals surface area contributed by atoms with Crippen LogP contribution in [-0.4, -0.2) is 19.1 Å². The Morgan fingerprint density at radius 3 is 2.44 bits per heavy atom. The van der Waals surface area contributed by atoms with Crippen LogP contribution in [0.4, 0.5) is 11.4 Å². The third-order valence-corrected chi connectivity index (χ3v) is 5.55. The predicted octanol–water partition coefficient (Wildman–Crippen LogP) is 6.98. The average molecular weight is 494 g/mol. The molecule has 0 saturated carbocycles. The van der Waals surface area contributed by atoms with E-state index in [1.54, 1.807) is 18.2 Å². The summed E-state index contributed by atoms with van der Waals surface area (Å²) in [6.45, 7) is 4.42. The largest absolute Gasteiger partial charge is 0.490 e. The maximum Gasteiger partial charge on any atom is 0.262 e. The van der Waals surface area contributed by atoms with Gasteiger partial charge in [0.05, 0.1) is 22.3 Å². The van der Waals surface area contributed by atoms with Crippen LogP contribution < -0.4 is 20.1 Å². The Morgan fingerprint density at radius 1 is 0.938 bits per heavy atom. The molecular weight excluding hydrogens is 471 g/mol. The Balaban J connectivity index is 1.68. The van der Waals surface area contributed by atoms with Crippen molar-refractivity contribution >= 4 is 52.1 Å². The highest BCUT2D eigenvalue weighted by molar-refractivity contribution is 6.33. The monoisotopic (exact) mass is 492 g/mol. The minimum absolute atomic E-state index is 0.234. The van der Waals surface area contributed by atoms with E-state index in [4.69, 9.17) is 44.3 Å². The minimum atomic E-state index is -0.340. The molecule has 0 atom stereocenters. The summed E-state index contributed by atoms with van der Waals surface area (Å²) in [5, 5.41) is 7.57. The molecule has 0 aliphatic carbocycles. The molecule has 0 bridgehead atoms. The van der Waals surface area contributed by atoms with Gasteiger partial charge in [-0.1, -0.05) is 53.0 Å². The molecule has 0 unspecified atom stereocenters. The van der Waals surface area contributed by atoms with Crippen LogP contribution in [0.15, 0.2) is 54.6 Å². The highest BCUT2D eigenvalue weighted by Crippen LogP contribution is 2.37. The third kappa shape index (κ3) is 6.45. The Morgan fingerprint density at radius 2 is 1.72 bits per heavy atom. The fourth-order valence-corrected chi connectivity index (χ4v) is 3.60. The number of hydrogen-bond donors (Lipinski definition) is 2. The van der Waals surface area contributed by atoms with Crippen LogP contribution in [0.1, 0.15) is 18.1 Å². The topological polar surface area (TPSA) is 59.6 Å². The van der Waals surface area contributed by atoms with E-state index >= 15 is 0 Å². The molecule has 0 radical (unpaired) electrons. The molecule has 1 amide bonds. The third-order valence-electron chi connectivity index (χ3n) is 4.53. The fraction of sp³-hybridized carbons (Fsp3) is 0.208. The minimum Gasteiger partial charge on any atom is -0.490 e. The number of halogens is 3. The van der Waals surface area contributed by atoms with Crippen molar-refractivity contribution in [2.45, 2.75) is 20.4 Å². The number of benzene rings is 3. The highest BCUT2D eigenvalue weighted by atomic mass is 35.5. The number of hydrogen-bond acceptors (Lipinski definition) is 4. The van der Waals surface area contributed by atoms with Gasteiger partial charge in [0.1, 0.15) is 0 Å². The number of para-hydroxylation sites is 1. The van der Waals surface area contributed by atoms with Crippen LogP contribution in [0.3, 0.4) is 0 Å². The lowest BCUT2D eigenvalue weighted by Crippen LogP contribution is -2.20. The number of carbonyl (C=O) groups is 1. The number of carbonyl (C=O) groups excluding carboxylic acids is 1. The van der Waals surface area contributed by atoms with Crippen LogP contribution in [0.2, 0.25) is 15.1 Å². The van der Waals surface area contributed by atoms with Crippen molar-refractivity contribution in [1.82, 2.24) is 0 Å². The van der Waals surface area contributed by atoms with Gasteiger partial charge in [-0.25, -0.2) is 0 Å². The molecule has 8 heteroatoms. The van der Waals surface area contributed by atoms with E-state index in [0.29, 0.717) is 45.4 Å². The lowest BCUT2D eigenvalue weighted by Gasteiger charge is -2.16. The molecule has 32 heavy (non-hydrogen) atoms. The lowest BCUT2D eigenvalue weighted by molar-refractivity contribution is -0.118. The maximum atomic E-state index is 12.3. The van der Waals surface area contributed by atoms with Crippen LogP contribution in [0.25, 0.3) is 0 Å². The van der Waals surface area contributed by atoms with Gasteiger partial charge in [-0.15, -0.1) is 0 Å². The summed E-state index contributed by atoms with van der Waals surface area (Å²) in [6.07, 6.45) is 0. The molecule has 3 aromatic carbocycles. The predicted molar refractivity (Wildman–Crippen MR) is 132 cm³/mol. The second-order valence-electron chi connectivity index (χ2n) is 6.97. The van der Waals surface area contributed by atoms with Crippen LogP contribution >= 0.6 is 34.8 Å². The lowest BCUT2D eigenvalue weighted by atomic mass is 10.2. The van der Waals surface area contributed by atoms with E-state index < -0.39 is 0 Å². The van der Waals surface area contributed by atoms with Gasteiger partial charge in [-0.2, -0.15) is 0 Å². The van der Waals surface area contributed by atoms with E-state index in [0.717, 1.165) is 16.8 Å². The standard InChI is InChI=1S/C24H23Cl3N2O3/c1-3-31-22-11-16(13-28-21-7-5-4-6-18(21)25)10-20(27)24(22)32-14-23(30)29-17-9-8-15(2)19(26)12-17/h4-12,28H,3,13-14H2,1-2H3,(H,29,30). The van der Waals surface area contributed by atoms with Crippen molar-refractivity contribution in [3.8, 4) is 11.5 Å². The Bertz CT molecular complexity index is 1110. The zero-order valence-corrected chi connectivity index (χ0v) is 19.9. The van der Waals surface area contributed by atoms with Crippen molar-refractivity contribution in [1.29, 1.82) is 0 Å². The van der Waals surface area contributed by atoms with Gasteiger partial charge in [-0.3, -0.25) is 4.79 Å². The van der Waals surface area contributed by atoms with Crippen LogP contribution in [0.5, 0.6) is 11.5 Å². The summed E-state index contributed by atoms with van der Waals surface area (Å²) >= 11 is 18.8. The molecule has 0 aromatic heterocycles. The first-order chi connectivity index (χ1) is 15.4. The molecule has 0 aliphatic rings. The number of amides is 1. The molecular formula is C24H23Cl3N2O3.